The van der Waals surface area contributed by atoms with Crippen molar-refractivity contribution in [3.05, 3.63) is 36.0 Å². The van der Waals surface area contributed by atoms with Crippen molar-refractivity contribution >= 4 is 48.1 Å². The average Bonchev–Trinajstić information content (AvgIpc) is 2.86. The monoisotopic (exact) mass is 353 g/mol. The van der Waals surface area contributed by atoms with Crippen molar-refractivity contribution in [1.82, 2.24) is 4.98 Å². The van der Waals surface area contributed by atoms with Gasteiger partial charge in [0.1, 0.15) is 0 Å². The summed E-state index contributed by atoms with van der Waals surface area (Å²) in [5.41, 5.74) is 1.75. The van der Waals surface area contributed by atoms with Gasteiger partial charge in [0.25, 0.3) is 0 Å². The molecule has 20 heavy (non-hydrogen) atoms. The molecule has 0 spiro atoms. The van der Waals surface area contributed by atoms with Gasteiger partial charge in [-0.15, -0.1) is 0 Å². The molecule has 1 aromatic heterocycles. The maximum atomic E-state index is 12.1. The first-order chi connectivity index (χ1) is 9.66. The van der Waals surface area contributed by atoms with Crippen LogP contribution in [0.25, 0.3) is 10.9 Å². The molecule has 1 unspecified atom stereocenters. The zero-order valence-corrected chi connectivity index (χ0v) is 14.0. The van der Waals surface area contributed by atoms with E-state index in [0.29, 0.717) is 6.42 Å². The third kappa shape index (κ3) is 4.50. The fourth-order valence-electron chi connectivity index (χ4n) is 2.06. The molecule has 1 N–H and O–H groups in total. The molecule has 0 fully saturated rings. The fourth-order valence-corrected chi connectivity index (χ4v) is 4.25. The molecule has 106 valence electrons. The van der Waals surface area contributed by atoms with Gasteiger partial charge in [-0.1, -0.05) is 0 Å². The van der Waals surface area contributed by atoms with Gasteiger partial charge in [0, 0.05) is 0 Å². The summed E-state index contributed by atoms with van der Waals surface area (Å²) in [7, 11) is 0. The standard InChI is InChI=1S/C15H17AsClNO2/c17-14(19)8-2-1-5-9-16-15(20)13-10-11-6-3-4-7-12(11)18-13/h3-4,6-7,10,16,18H,1-2,5,8-9H2. The van der Waals surface area contributed by atoms with Gasteiger partial charge in [-0.05, 0) is 0 Å². The molecule has 0 saturated heterocycles. The van der Waals surface area contributed by atoms with Crippen molar-refractivity contribution in [2.45, 2.75) is 30.9 Å². The van der Waals surface area contributed by atoms with Crippen molar-refractivity contribution in [2.24, 2.45) is 0 Å². The predicted molar refractivity (Wildman–Crippen MR) is 83.9 cm³/mol. The predicted octanol–water partition coefficient (Wildman–Crippen LogP) is 3.49. The fraction of sp³-hybridized carbons (Fsp3) is 0.333. The average molecular weight is 354 g/mol. The number of halogens is 1. The van der Waals surface area contributed by atoms with Crippen molar-refractivity contribution in [1.29, 1.82) is 0 Å². The Morgan fingerprint density at radius 1 is 1.15 bits per heavy atom. The summed E-state index contributed by atoms with van der Waals surface area (Å²) in [6.45, 7) is 0. The van der Waals surface area contributed by atoms with Gasteiger partial charge in [-0.25, -0.2) is 0 Å². The number of carbonyl (C=O) groups is 2. The number of fused-ring (bicyclic) bond motifs is 1. The Kier molecular flexibility index (Phi) is 5.87. The van der Waals surface area contributed by atoms with Crippen LogP contribution >= 0.6 is 11.6 Å². The molecular weight excluding hydrogens is 337 g/mol. The molecule has 2 rings (SSSR count). The SMILES string of the molecule is O=C(Cl)CCCCC[AsH]C(=O)c1cc2ccccc2[nH]1. The minimum absolute atomic E-state index is 0.268. The summed E-state index contributed by atoms with van der Waals surface area (Å²) in [5.74, 6) is 0. The van der Waals surface area contributed by atoms with E-state index in [4.69, 9.17) is 11.6 Å². The van der Waals surface area contributed by atoms with Gasteiger partial charge in [0.05, 0.1) is 0 Å². The van der Waals surface area contributed by atoms with E-state index in [1.165, 1.54) is 0 Å². The van der Waals surface area contributed by atoms with Gasteiger partial charge in [-0.3, -0.25) is 0 Å². The van der Waals surface area contributed by atoms with Crippen LogP contribution in [-0.2, 0) is 4.79 Å². The van der Waals surface area contributed by atoms with Crippen LogP contribution in [0.2, 0.25) is 5.21 Å². The number of unbranched alkanes of at least 4 members (excludes halogenated alkanes) is 2. The number of benzene rings is 1. The summed E-state index contributed by atoms with van der Waals surface area (Å²) in [6.07, 6.45) is 3.25. The molecule has 1 heterocycles. The minimum atomic E-state index is -0.615. The maximum absolute atomic E-state index is 12.1. The molecule has 0 amide bonds. The van der Waals surface area contributed by atoms with Crippen LogP contribution in [0.5, 0.6) is 0 Å². The third-order valence-electron chi connectivity index (χ3n) is 3.11. The molecule has 0 bridgehead atoms. The van der Waals surface area contributed by atoms with E-state index in [9.17, 15) is 9.59 Å². The zero-order valence-electron chi connectivity index (χ0n) is 11.1. The first-order valence-corrected chi connectivity index (χ1v) is 9.62. The van der Waals surface area contributed by atoms with Gasteiger partial charge in [-0.2, -0.15) is 0 Å². The number of nitrogens with one attached hydrogen (secondary N) is 1. The Hall–Kier alpha value is -1.05. The molecular formula is C15H17AsClNO2. The van der Waals surface area contributed by atoms with Crippen molar-refractivity contribution in [3.8, 4) is 0 Å². The molecule has 1 aromatic carbocycles. The van der Waals surface area contributed by atoms with E-state index in [1.807, 2.05) is 30.3 Å². The van der Waals surface area contributed by atoms with Crippen LogP contribution in [0.4, 0.5) is 0 Å². The van der Waals surface area contributed by atoms with E-state index in [1.54, 1.807) is 0 Å². The number of aromatic nitrogens is 1. The number of hydrogen-bond acceptors (Lipinski definition) is 2. The van der Waals surface area contributed by atoms with Crippen molar-refractivity contribution in [3.63, 3.8) is 0 Å². The summed E-state index contributed by atoms with van der Waals surface area (Å²) in [5, 5.41) is 1.79. The van der Waals surface area contributed by atoms with E-state index < -0.39 is 15.8 Å². The van der Waals surface area contributed by atoms with Crippen LogP contribution < -0.4 is 0 Å². The third-order valence-corrected chi connectivity index (χ3v) is 5.80. The summed E-state index contributed by atoms with van der Waals surface area (Å²) in [4.78, 5) is 25.9. The molecule has 0 radical (unpaired) electrons. The van der Waals surface area contributed by atoms with Crippen LogP contribution in [0.1, 0.15) is 36.2 Å². The van der Waals surface area contributed by atoms with Gasteiger partial charge >= 0.3 is 130 Å². The molecule has 0 aliphatic heterocycles. The van der Waals surface area contributed by atoms with Crippen LogP contribution in [-0.4, -0.2) is 30.5 Å². The Morgan fingerprint density at radius 2 is 1.95 bits per heavy atom. The Bertz CT molecular complexity index is 576. The van der Waals surface area contributed by atoms with E-state index in [2.05, 4.69) is 4.98 Å². The number of H-pyrrole nitrogens is 1. The second kappa shape index (κ2) is 7.66. The molecule has 1 atom stereocenters. The molecule has 0 saturated carbocycles. The number of hydrogen-bond donors (Lipinski definition) is 1. The summed E-state index contributed by atoms with van der Waals surface area (Å²) in [6, 6.07) is 9.86. The Morgan fingerprint density at radius 3 is 2.70 bits per heavy atom. The summed E-state index contributed by atoms with van der Waals surface area (Å²) >= 11 is 4.66. The van der Waals surface area contributed by atoms with Crippen LogP contribution in [0.15, 0.2) is 30.3 Å². The molecule has 5 heteroatoms. The topological polar surface area (TPSA) is 49.9 Å². The van der Waals surface area contributed by atoms with E-state index >= 15 is 0 Å². The number of para-hydroxylation sites is 1. The molecule has 0 aliphatic carbocycles. The zero-order chi connectivity index (χ0) is 14.4. The van der Waals surface area contributed by atoms with Crippen molar-refractivity contribution < 1.29 is 9.59 Å². The Labute approximate surface area is 129 Å². The molecule has 0 aliphatic rings. The Balaban J connectivity index is 1.76. The number of carbonyl (C=O) groups excluding carboxylic acids is 2. The number of aromatic amines is 1. The second-order valence-electron chi connectivity index (χ2n) is 4.69. The first-order valence-electron chi connectivity index (χ1n) is 6.71. The van der Waals surface area contributed by atoms with Crippen LogP contribution in [0, 0.1) is 0 Å². The second-order valence-corrected chi connectivity index (χ2v) is 7.86. The molecule has 3 nitrogen and oxygen atoms in total. The van der Waals surface area contributed by atoms with Gasteiger partial charge in [0.15, 0.2) is 0 Å². The quantitative estimate of drug-likeness (QED) is 0.449. The first kappa shape index (κ1) is 15.3. The summed E-state index contributed by atoms with van der Waals surface area (Å²) < 4.78 is 0.273. The van der Waals surface area contributed by atoms with Gasteiger partial charge in [0.2, 0.25) is 0 Å². The van der Waals surface area contributed by atoms with Gasteiger partial charge < -0.3 is 0 Å². The molecule has 2 aromatic rings. The van der Waals surface area contributed by atoms with E-state index in [-0.39, 0.29) is 9.81 Å². The van der Waals surface area contributed by atoms with Crippen molar-refractivity contribution in [2.75, 3.05) is 0 Å². The van der Waals surface area contributed by atoms with E-state index in [0.717, 1.165) is 41.1 Å². The van der Waals surface area contributed by atoms with Crippen LogP contribution in [0.3, 0.4) is 0 Å². The number of rotatable bonds is 8. The normalized spacial score (nSPS) is 11.4.